The van der Waals surface area contributed by atoms with Gasteiger partial charge in [0.05, 0.1) is 0 Å². The Bertz CT molecular complexity index is 514. The quantitative estimate of drug-likeness (QED) is 0.477. The van der Waals surface area contributed by atoms with Gasteiger partial charge in [-0.25, -0.2) is 0 Å². The van der Waals surface area contributed by atoms with Crippen LogP contribution in [-0.4, -0.2) is 23.3 Å². The van der Waals surface area contributed by atoms with Crippen LogP contribution in [0.3, 0.4) is 0 Å². The van der Waals surface area contributed by atoms with E-state index in [0.717, 1.165) is 26.2 Å². The van der Waals surface area contributed by atoms with Crippen LogP contribution in [0.15, 0.2) is 48.5 Å². The lowest BCUT2D eigenvalue weighted by atomic mass is 10.1. The molecule has 0 radical (unpaired) electrons. The molecule has 0 atom stereocenters. The van der Waals surface area contributed by atoms with Gasteiger partial charge >= 0.3 is 0 Å². The Kier molecular flexibility index (Phi) is 8.15. The van der Waals surface area contributed by atoms with E-state index in [2.05, 4.69) is 10.6 Å². The molecular formula is C20H28N2O2. The van der Waals surface area contributed by atoms with Crippen molar-refractivity contribution in [1.82, 2.24) is 10.6 Å². The highest BCUT2D eigenvalue weighted by Crippen LogP contribution is 2.10. The van der Waals surface area contributed by atoms with Crippen LogP contribution in [0.2, 0.25) is 0 Å². The Labute approximate surface area is 144 Å². The molecule has 0 aliphatic rings. The Morgan fingerprint density at radius 1 is 0.542 bits per heavy atom. The number of unbranched alkanes of at least 4 members (excludes halogenated alkanes) is 3. The number of phenols is 2. The number of nitrogens with one attached hydrogen (secondary N) is 2. The summed E-state index contributed by atoms with van der Waals surface area (Å²) in [6, 6.07) is 14.7. The summed E-state index contributed by atoms with van der Waals surface area (Å²) in [6.45, 7) is 3.77. The first-order valence-corrected chi connectivity index (χ1v) is 8.71. The van der Waals surface area contributed by atoms with Gasteiger partial charge in [0.15, 0.2) is 0 Å². The molecule has 0 saturated carbocycles. The molecule has 4 heteroatoms. The molecule has 2 aromatic rings. The van der Waals surface area contributed by atoms with Crippen molar-refractivity contribution < 1.29 is 10.2 Å². The molecule has 0 aliphatic carbocycles. The average molecular weight is 328 g/mol. The van der Waals surface area contributed by atoms with Crippen molar-refractivity contribution in [3.05, 3.63) is 59.7 Å². The molecular weight excluding hydrogens is 300 g/mol. The topological polar surface area (TPSA) is 64.5 Å². The van der Waals surface area contributed by atoms with Crippen molar-refractivity contribution >= 4 is 0 Å². The predicted octanol–water partition coefficient (Wildman–Crippen LogP) is 3.54. The van der Waals surface area contributed by atoms with Gasteiger partial charge in [-0.2, -0.15) is 0 Å². The van der Waals surface area contributed by atoms with E-state index in [4.69, 9.17) is 0 Å². The lowest BCUT2D eigenvalue weighted by Crippen LogP contribution is -2.15. The number of aromatic hydroxyl groups is 2. The van der Waals surface area contributed by atoms with Gasteiger partial charge in [-0.15, -0.1) is 0 Å². The lowest BCUT2D eigenvalue weighted by molar-refractivity contribution is 0.474. The third kappa shape index (κ3) is 7.49. The zero-order valence-electron chi connectivity index (χ0n) is 14.2. The number of hydrogen-bond acceptors (Lipinski definition) is 4. The molecule has 0 fully saturated rings. The highest BCUT2D eigenvalue weighted by molar-refractivity contribution is 5.26. The van der Waals surface area contributed by atoms with Gasteiger partial charge in [0.25, 0.3) is 0 Å². The number of rotatable bonds is 11. The van der Waals surface area contributed by atoms with Crippen LogP contribution in [0.25, 0.3) is 0 Å². The fourth-order valence-corrected chi connectivity index (χ4v) is 2.55. The van der Waals surface area contributed by atoms with E-state index in [1.54, 1.807) is 24.3 Å². The van der Waals surface area contributed by atoms with Crippen LogP contribution in [0.4, 0.5) is 0 Å². The van der Waals surface area contributed by atoms with Crippen molar-refractivity contribution in [2.45, 2.75) is 38.8 Å². The Balaban J connectivity index is 1.40. The molecule has 0 unspecified atom stereocenters. The second-order valence-electron chi connectivity index (χ2n) is 6.10. The molecule has 0 spiro atoms. The Morgan fingerprint density at radius 2 is 0.917 bits per heavy atom. The molecule has 0 aromatic heterocycles. The largest absolute Gasteiger partial charge is 0.508 e. The van der Waals surface area contributed by atoms with Crippen LogP contribution in [0, 0.1) is 0 Å². The van der Waals surface area contributed by atoms with Gasteiger partial charge in [0.1, 0.15) is 11.5 Å². The molecule has 4 N–H and O–H groups in total. The van der Waals surface area contributed by atoms with Crippen LogP contribution in [0.5, 0.6) is 11.5 Å². The summed E-state index contributed by atoms with van der Waals surface area (Å²) in [4.78, 5) is 0. The minimum Gasteiger partial charge on any atom is -0.508 e. The maximum absolute atomic E-state index is 9.23. The average Bonchev–Trinajstić information content (AvgIpc) is 2.60. The van der Waals surface area contributed by atoms with Gasteiger partial charge < -0.3 is 20.8 Å². The van der Waals surface area contributed by atoms with E-state index in [-0.39, 0.29) is 0 Å². The first-order valence-electron chi connectivity index (χ1n) is 8.71. The Hall–Kier alpha value is -2.04. The molecule has 0 amide bonds. The Morgan fingerprint density at radius 3 is 1.29 bits per heavy atom. The van der Waals surface area contributed by atoms with Gasteiger partial charge in [-0.05, 0) is 61.3 Å². The van der Waals surface area contributed by atoms with Gasteiger partial charge in [0.2, 0.25) is 0 Å². The molecule has 0 saturated heterocycles. The van der Waals surface area contributed by atoms with Crippen molar-refractivity contribution in [3.8, 4) is 11.5 Å². The molecule has 130 valence electrons. The summed E-state index contributed by atoms with van der Waals surface area (Å²) < 4.78 is 0. The molecule has 0 bridgehead atoms. The zero-order chi connectivity index (χ0) is 17.0. The fraction of sp³-hybridized carbons (Fsp3) is 0.400. The summed E-state index contributed by atoms with van der Waals surface area (Å²) in [5, 5.41) is 25.3. The van der Waals surface area contributed by atoms with Crippen LogP contribution in [0.1, 0.15) is 36.8 Å². The van der Waals surface area contributed by atoms with Crippen molar-refractivity contribution in [1.29, 1.82) is 0 Å². The third-order valence-electron chi connectivity index (χ3n) is 3.99. The number of hydrogen-bond donors (Lipinski definition) is 4. The summed E-state index contributed by atoms with van der Waals surface area (Å²) in [5.74, 6) is 0.635. The van der Waals surface area contributed by atoms with Crippen LogP contribution in [-0.2, 0) is 13.1 Å². The maximum Gasteiger partial charge on any atom is 0.115 e. The highest BCUT2D eigenvalue weighted by atomic mass is 16.3. The van der Waals surface area contributed by atoms with Crippen LogP contribution < -0.4 is 10.6 Å². The third-order valence-corrected chi connectivity index (χ3v) is 3.99. The second kappa shape index (κ2) is 10.7. The fourth-order valence-electron chi connectivity index (χ4n) is 2.55. The molecule has 4 nitrogen and oxygen atoms in total. The van der Waals surface area contributed by atoms with Gasteiger partial charge in [-0.1, -0.05) is 37.1 Å². The zero-order valence-corrected chi connectivity index (χ0v) is 14.2. The minimum absolute atomic E-state index is 0.317. The van der Waals surface area contributed by atoms with E-state index < -0.39 is 0 Å². The molecule has 0 heterocycles. The van der Waals surface area contributed by atoms with E-state index in [9.17, 15) is 10.2 Å². The van der Waals surface area contributed by atoms with Crippen molar-refractivity contribution in [2.24, 2.45) is 0 Å². The first-order chi connectivity index (χ1) is 11.7. The first kappa shape index (κ1) is 18.3. The summed E-state index contributed by atoms with van der Waals surface area (Å²) >= 11 is 0. The minimum atomic E-state index is 0.317. The van der Waals surface area contributed by atoms with E-state index in [0.29, 0.717) is 11.5 Å². The number of phenolic OH excluding ortho intramolecular Hbond substituents is 2. The lowest BCUT2D eigenvalue weighted by Gasteiger charge is -2.06. The summed E-state index contributed by atoms with van der Waals surface area (Å²) in [7, 11) is 0. The summed E-state index contributed by atoms with van der Waals surface area (Å²) in [6.07, 6.45) is 4.86. The predicted molar refractivity (Wildman–Crippen MR) is 98.1 cm³/mol. The monoisotopic (exact) mass is 328 g/mol. The van der Waals surface area contributed by atoms with E-state index in [1.807, 2.05) is 24.3 Å². The maximum atomic E-state index is 9.23. The normalized spacial score (nSPS) is 10.8. The standard InChI is InChI=1S/C20H28N2O2/c23-19-9-5-17(6-10-19)15-21-13-3-1-2-4-14-22-16-18-7-11-20(24)12-8-18/h5-12,21-24H,1-4,13-16H2. The van der Waals surface area contributed by atoms with Crippen molar-refractivity contribution in [3.63, 3.8) is 0 Å². The number of benzene rings is 2. The van der Waals surface area contributed by atoms with E-state index >= 15 is 0 Å². The molecule has 0 aliphatic heterocycles. The van der Waals surface area contributed by atoms with Crippen LogP contribution >= 0.6 is 0 Å². The van der Waals surface area contributed by atoms with Crippen molar-refractivity contribution in [2.75, 3.05) is 13.1 Å². The highest BCUT2D eigenvalue weighted by Gasteiger charge is 1.95. The molecule has 2 aromatic carbocycles. The molecule has 2 rings (SSSR count). The van der Waals surface area contributed by atoms with E-state index in [1.165, 1.54) is 36.8 Å². The second-order valence-corrected chi connectivity index (χ2v) is 6.10. The smallest absolute Gasteiger partial charge is 0.115 e. The summed E-state index contributed by atoms with van der Waals surface area (Å²) in [5.41, 5.74) is 2.40. The van der Waals surface area contributed by atoms with Gasteiger partial charge in [-0.3, -0.25) is 0 Å². The SMILES string of the molecule is Oc1ccc(CNCCCCCCNCc2ccc(O)cc2)cc1. The van der Waals surface area contributed by atoms with Gasteiger partial charge in [0, 0.05) is 13.1 Å². The molecule has 24 heavy (non-hydrogen) atoms.